The topological polar surface area (TPSA) is 127 Å². The molecule has 102 valence electrons. The quantitative estimate of drug-likeness (QED) is 0.558. The van der Waals surface area contributed by atoms with Crippen molar-refractivity contribution in [3.8, 4) is 0 Å². The van der Waals surface area contributed by atoms with Crippen molar-refractivity contribution in [2.75, 3.05) is 12.3 Å². The van der Waals surface area contributed by atoms with E-state index in [0.29, 0.717) is 12.8 Å². The van der Waals surface area contributed by atoms with Crippen molar-refractivity contribution in [1.82, 2.24) is 5.32 Å². The number of amides is 1. The zero-order valence-electron chi connectivity index (χ0n) is 9.70. The predicted octanol–water partition coefficient (Wildman–Crippen LogP) is -0.942. The molecule has 0 aromatic carbocycles. The van der Waals surface area contributed by atoms with E-state index >= 15 is 0 Å². The molecular formula is C10H16N2O5S. The van der Waals surface area contributed by atoms with Gasteiger partial charge in [-0.1, -0.05) is 12.2 Å². The number of carbonyl (C=O) groups is 2. The van der Waals surface area contributed by atoms with Gasteiger partial charge in [0, 0.05) is 6.54 Å². The lowest BCUT2D eigenvalue weighted by atomic mass is 9.82. The molecule has 7 nitrogen and oxygen atoms in total. The molecule has 0 heterocycles. The van der Waals surface area contributed by atoms with Crippen molar-refractivity contribution in [2.24, 2.45) is 17.0 Å². The molecule has 2 atom stereocenters. The first kappa shape index (κ1) is 14.7. The molecular weight excluding hydrogens is 260 g/mol. The van der Waals surface area contributed by atoms with Crippen molar-refractivity contribution in [2.45, 2.75) is 12.8 Å². The maximum atomic E-state index is 11.8. The summed E-state index contributed by atoms with van der Waals surface area (Å²) >= 11 is 0. The van der Waals surface area contributed by atoms with Gasteiger partial charge in [-0.05, 0) is 12.8 Å². The maximum absolute atomic E-state index is 11.8. The van der Waals surface area contributed by atoms with E-state index < -0.39 is 33.7 Å². The van der Waals surface area contributed by atoms with E-state index in [0.717, 1.165) is 0 Å². The number of nitrogens with two attached hydrogens (primary N) is 1. The average Bonchev–Trinajstić information content (AvgIpc) is 2.27. The Hall–Kier alpha value is -1.41. The van der Waals surface area contributed by atoms with Crippen LogP contribution in [0.4, 0.5) is 0 Å². The van der Waals surface area contributed by atoms with Gasteiger partial charge >= 0.3 is 5.97 Å². The molecule has 0 aromatic heterocycles. The molecule has 0 spiro atoms. The second-order valence-electron chi connectivity index (χ2n) is 4.15. The monoisotopic (exact) mass is 276 g/mol. The third kappa shape index (κ3) is 4.46. The molecule has 0 aromatic rings. The van der Waals surface area contributed by atoms with Crippen LogP contribution in [0.3, 0.4) is 0 Å². The fraction of sp³-hybridized carbons (Fsp3) is 0.600. The van der Waals surface area contributed by atoms with E-state index in [4.69, 9.17) is 10.2 Å². The van der Waals surface area contributed by atoms with Gasteiger partial charge in [0.25, 0.3) is 0 Å². The Bertz CT molecular complexity index is 457. The van der Waals surface area contributed by atoms with Crippen molar-refractivity contribution in [3.63, 3.8) is 0 Å². The third-order valence-electron chi connectivity index (χ3n) is 2.77. The number of carboxylic acids is 1. The Morgan fingerprint density at radius 1 is 1.28 bits per heavy atom. The van der Waals surface area contributed by atoms with Crippen LogP contribution in [0.1, 0.15) is 12.8 Å². The molecule has 0 bridgehead atoms. The third-order valence-corrected chi connectivity index (χ3v) is 3.55. The lowest BCUT2D eigenvalue weighted by molar-refractivity contribution is -0.147. The fourth-order valence-corrected chi connectivity index (χ4v) is 2.21. The second kappa shape index (κ2) is 5.96. The van der Waals surface area contributed by atoms with Gasteiger partial charge in [-0.2, -0.15) is 0 Å². The number of rotatable bonds is 5. The van der Waals surface area contributed by atoms with Crippen molar-refractivity contribution in [1.29, 1.82) is 0 Å². The number of carbonyl (C=O) groups excluding carboxylic acids is 1. The number of primary sulfonamides is 1. The molecule has 8 heteroatoms. The molecule has 4 N–H and O–H groups in total. The molecule has 1 aliphatic rings. The van der Waals surface area contributed by atoms with Crippen molar-refractivity contribution in [3.05, 3.63) is 12.2 Å². The van der Waals surface area contributed by atoms with E-state index in [9.17, 15) is 18.0 Å². The van der Waals surface area contributed by atoms with E-state index in [1.165, 1.54) is 0 Å². The first-order valence-corrected chi connectivity index (χ1v) is 7.19. The number of carboxylic acid groups (broad SMARTS) is 1. The van der Waals surface area contributed by atoms with Gasteiger partial charge in [-0.3, -0.25) is 9.59 Å². The van der Waals surface area contributed by atoms with Crippen LogP contribution >= 0.6 is 0 Å². The Morgan fingerprint density at radius 3 is 2.33 bits per heavy atom. The molecule has 1 amide bonds. The van der Waals surface area contributed by atoms with Gasteiger partial charge in [-0.25, -0.2) is 13.6 Å². The largest absolute Gasteiger partial charge is 0.481 e. The van der Waals surface area contributed by atoms with Gasteiger partial charge in [0.1, 0.15) is 0 Å². The normalized spacial score (nSPS) is 23.6. The van der Waals surface area contributed by atoms with E-state index in [2.05, 4.69) is 5.32 Å². The summed E-state index contributed by atoms with van der Waals surface area (Å²) in [6, 6.07) is 0. The summed E-state index contributed by atoms with van der Waals surface area (Å²) < 4.78 is 21.4. The van der Waals surface area contributed by atoms with Gasteiger partial charge < -0.3 is 10.4 Å². The van der Waals surface area contributed by atoms with Crippen LogP contribution in [0.25, 0.3) is 0 Å². The van der Waals surface area contributed by atoms with Crippen LogP contribution in [0, 0.1) is 11.8 Å². The lowest BCUT2D eigenvalue weighted by Gasteiger charge is -2.24. The highest BCUT2D eigenvalue weighted by atomic mass is 32.2. The standard InChI is InChI=1S/C10H16N2O5S/c11-18(16,17)6-5-12-9(13)7-3-1-2-4-8(7)10(14)15/h1-2,7-8H,3-6H2,(H,12,13)(H,14,15)(H2,11,16,17)/t7-,8+/m1/s1. The number of sulfonamides is 1. The average molecular weight is 276 g/mol. The number of hydrogen-bond acceptors (Lipinski definition) is 4. The minimum atomic E-state index is -3.63. The summed E-state index contributed by atoms with van der Waals surface area (Å²) in [6.45, 7) is -0.107. The van der Waals surface area contributed by atoms with E-state index in [1.54, 1.807) is 12.2 Å². The minimum Gasteiger partial charge on any atom is -0.481 e. The molecule has 0 saturated heterocycles. The van der Waals surface area contributed by atoms with Crippen LogP contribution in [0.5, 0.6) is 0 Å². The molecule has 0 unspecified atom stereocenters. The Labute approximate surface area is 105 Å². The molecule has 0 radical (unpaired) electrons. The summed E-state index contributed by atoms with van der Waals surface area (Å²) in [4.78, 5) is 22.7. The number of nitrogens with one attached hydrogen (secondary N) is 1. The molecule has 0 saturated carbocycles. The van der Waals surface area contributed by atoms with Gasteiger partial charge in [-0.15, -0.1) is 0 Å². The lowest BCUT2D eigenvalue weighted by Crippen LogP contribution is -2.40. The molecule has 0 fully saturated rings. The zero-order chi connectivity index (χ0) is 13.8. The smallest absolute Gasteiger partial charge is 0.307 e. The Balaban J connectivity index is 2.54. The predicted molar refractivity (Wildman–Crippen MR) is 64.0 cm³/mol. The number of hydrogen-bond donors (Lipinski definition) is 3. The summed E-state index contributed by atoms with van der Waals surface area (Å²) in [7, 11) is -3.63. The highest BCUT2D eigenvalue weighted by Gasteiger charge is 2.33. The van der Waals surface area contributed by atoms with Gasteiger partial charge in [0.2, 0.25) is 15.9 Å². The van der Waals surface area contributed by atoms with Crippen molar-refractivity contribution >= 4 is 21.9 Å². The van der Waals surface area contributed by atoms with Crippen LogP contribution in [0.15, 0.2) is 12.2 Å². The SMILES string of the molecule is NS(=O)(=O)CCNC(=O)[C@@H]1CC=CC[C@@H]1C(=O)O. The van der Waals surface area contributed by atoms with Crippen LogP contribution < -0.4 is 10.5 Å². The fourth-order valence-electron chi connectivity index (χ4n) is 1.82. The molecule has 1 rings (SSSR count). The first-order chi connectivity index (χ1) is 8.31. The maximum Gasteiger partial charge on any atom is 0.307 e. The number of aliphatic carboxylic acids is 1. The van der Waals surface area contributed by atoms with Gasteiger partial charge in [0.15, 0.2) is 0 Å². The zero-order valence-corrected chi connectivity index (χ0v) is 10.5. The van der Waals surface area contributed by atoms with Crippen LogP contribution in [-0.4, -0.2) is 37.7 Å². The number of allylic oxidation sites excluding steroid dienone is 2. The van der Waals surface area contributed by atoms with Crippen molar-refractivity contribution < 1.29 is 23.1 Å². The highest BCUT2D eigenvalue weighted by molar-refractivity contribution is 7.89. The van der Waals surface area contributed by atoms with Crippen LogP contribution in [0.2, 0.25) is 0 Å². The molecule has 18 heavy (non-hydrogen) atoms. The highest BCUT2D eigenvalue weighted by Crippen LogP contribution is 2.25. The van der Waals surface area contributed by atoms with E-state index in [-0.39, 0.29) is 12.3 Å². The Kier molecular flexibility index (Phi) is 4.85. The summed E-state index contributed by atoms with van der Waals surface area (Å²) in [6.07, 6.45) is 4.14. The summed E-state index contributed by atoms with van der Waals surface area (Å²) in [5.74, 6) is -3.25. The second-order valence-corrected chi connectivity index (χ2v) is 5.89. The summed E-state index contributed by atoms with van der Waals surface area (Å²) in [5.41, 5.74) is 0. The minimum absolute atomic E-state index is 0.107. The van der Waals surface area contributed by atoms with Gasteiger partial charge in [0.05, 0.1) is 17.6 Å². The molecule has 1 aliphatic carbocycles. The molecule has 0 aliphatic heterocycles. The first-order valence-electron chi connectivity index (χ1n) is 5.47. The summed E-state index contributed by atoms with van der Waals surface area (Å²) in [5, 5.41) is 16.2. The van der Waals surface area contributed by atoms with E-state index in [1.807, 2.05) is 0 Å². The van der Waals surface area contributed by atoms with Crippen LogP contribution in [-0.2, 0) is 19.6 Å². The Morgan fingerprint density at radius 2 is 1.83 bits per heavy atom.